The number of benzene rings is 1. The maximum Gasteiger partial charge on any atom is 0.337 e. The average Bonchev–Trinajstić information content (AvgIpc) is 2.75. The molecule has 122 valence electrons. The van der Waals surface area contributed by atoms with Crippen molar-refractivity contribution < 1.29 is 29.3 Å². The minimum atomic E-state index is -1.20. The smallest absolute Gasteiger partial charge is 0.337 e. The van der Waals surface area contributed by atoms with Crippen LogP contribution in [0.25, 0.3) is 0 Å². The van der Waals surface area contributed by atoms with E-state index in [0.29, 0.717) is 11.3 Å². The van der Waals surface area contributed by atoms with Crippen molar-refractivity contribution >= 4 is 23.5 Å². The van der Waals surface area contributed by atoms with E-state index in [1.165, 1.54) is 19.2 Å². The third-order valence-electron chi connectivity index (χ3n) is 3.37. The Balaban J connectivity index is 2.35. The Morgan fingerprint density at radius 2 is 2.04 bits per heavy atom. The maximum atomic E-state index is 12.1. The summed E-state index contributed by atoms with van der Waals surface area (Å²) < 4.78 is 5.09. The number of amides is 2. The maximum absolute atomic E-state index is 12.1. The number of carbonyl (C=O) groups is 3. The molecular weight excluding hydrogens is 304 g/mol. The second-order valence-corrected chi connectivity index (χ2v) is 4.87. The average molecular weight is 320 g/mol. The summed E-state index contributed by atoms with van der Waals surface area (Å²) in [7, 11) is 1.43. The van der Waals surface area contributed by atoms with Gasteiger partial charge in [0.25, 0.3) is 11.8 Å². The van der Waals surface area contributed by atoms with E-state index in [1.807, 2.05) is 0 Å². The number of aromatic carboxylic acids is 1. The highest BCUT2D eigenvalue weighted by atomic mass is 16.5. The third-order valence-corrected chi connectivity index (χ3v) is 3.37. The van der Waals surface area contributed by atoms with Gasteiger partial charge in [0.1, 0.15) is 11.4 Å². The molecule has 0 aliphatic carbocycles. The number of carboxylic acids is 1. The number of β-amino-alcohol motifs (C(OH)–C–C–N with tert-alkyl or cyclic N) is 1. The first-order chi connectivity index (χ1) is 10.9. The number of hydrogen-bond donors (Lipinski definition) is 3. The van der Waals surface area contributed by atoms with Crippen LogP contribution in [0.1, 0.15) is 15.9 Å². The summed E-state index contributed by atoms with van der Waals surface area (Å²) in [4.78, 5) is 36.0. The summed E-state index contributed by atoms with van der Waals surface area (Å²) in [6.07, 6.45) is 1.07. The highest BCUT2D eigenvalue weighted by molar-refractivity contribution is 6.17. The molecule has 0 saturated carbocycles. The van der Waals surface area contributed by atoms with Crippen molar-refractivity contribution in [3.8, 4) is 5.75 Å². The van der Waals surface area contributed by atoms with Gasteiger partial charge in [-0.15, -0.1) is 0 Å². The van der Waals surface area contributed by atoms with Gasteiger partial charge in [-0.25, -0.2) is 4.79 Å². The van der Waals surface area contributed by atoms with Gasteiger partial charge in [-0.3, -0.25) is 14.5 Å². The van der Waals surface area contributed by atoms with Crippen molar-refractivity contribution in [1.29, 1.82) is 0 Å². The van der Waals surface area contributed by atoms with Crippen LogP contribution in [0.4, 0.5) is 5.69 Å². The number of aliphatic hydroxyl groups excluding tert-OH is 1. The summed E-state index contributed by atoms with van der Waals surface area (Å²) in [6, 6.07) is 2.86. The lowest BCUT2D eigenvalue weighted by atomic mass is 10.1. The van der Waals surface area contributed by atoms with Crippen LogP contribution in [0.5, 0.6) is 5.75 Å². The van der Waals surface area contributed by atoms with Crippen LogP contribution >= 0.6 is 0 Å². The fraction of sp³-hybridized carbons (Fsp3) is 0.267. The molecule has 0 spiro atoms. The monoisotopic (exact) mass is 320 g/mol. The molecule has 3 N–H and O–H groups in total. The van der Waals surface area contributed by atoms with E-state index in [0.717, 1.165) is 11.0 Å². The minimum Gasteiger partial charge on any atom is -0.496 e. The molecule has 0 atom stereocenters. The van der Waals surface area contributed by atoms with Gasteiger partial charge in [0.05, 0.1) is 31.5 Å². The van der Waals surface area contributed by atoms with E-state index in [2.05, 4.69) is 5.32 Å². The number of nitrogens with one attached hydrogen (secondary N) is 1. The van der Waals surface area contributed by atoms with Crippen LogP contribution in [0, 0.1) is 6.92 Å². The van der Waals surface area contributed by atoms with Gasteiger partial charge < -0.3 is 20.3 Å². The molecule has 2 amide bonds. The lowest BCUT2D eigenvalue weighted by Crippen LogP contribution is -2.34. The standard InChI is InChI=1S/C15H16N2O6/c1-8-5-10(9(15(21)22)6-12(8)23-2)16-11-7-13(19)17(3-4-18)14(11)20/h5-7,16,18H,3-4H2,1-2H3,(H,21,22). The lowest BCUT2D eigenvalue weighted by Gasteiger charge is -2.15. The number of aliphatic hydroxyl groups is 1. The van der Waals surface area contributed by atoms with Crippen LogP contribution < -0.4 is 10.1 Å². The second kappa shape index (κ2) is 6.49. The number of nitrogens with zero attached hydrogens (tertiary/aromatic N) is 1. The van der Waals surface area contributed by atoms with Crippen LogP contribution in [0.2, 0.25) is 0 Å². The Bertz CT molecular complexity index is 710. The van der Waals surface area contributed by atoms with Gasteiger partial charge in [-0.2, -0.15) is 0 Å². The predicted molar refractivity (Wildman–Crippen MR) is 80.2 cm³/mol. The fourth-order valence-electron chi connectivity index (χ4n) is 2.24. The fourth-order valence-corrected chi connectivity index (χ4v) is 2.24. The molecule has 23 heavy (non-hydrogen) atoms. The Morgan fingerprint density at radius 3 is 2.61 bits per heavy atom. The van der Waals surface area contributed by atoms with Crippen molar-refractivity contribution in [2.24, 2.45) is 0 Å². The molecule has 1 heterocycles. The van der Waals surface area contributed by atoms with Crippen molar-refractivity contribution in [3.05, 3.63) is 35.0 Å². The van der Waals surface area contributed by atoms with E-state index in [1.54, 1.807) is 6.92 Å². The first-order valence-corrected chi connectivity index (χ1v) is 6.76. The topological polar surface area (TPSA) is 116 Å². The zero-order valence-corrected chi connectivity index (χ0v) is 12.6. The van der Waals surface area contributed by atoms with Gasteiger partial charge in [-0.05, 0) is 24.6 Å². The van der Waals surface area contributed by atoms with Gasteiger partial charge in [0, 0.05) is 6.08 Å². The normalized spacial score (nSPS) is 14.0. The van der Waals surface area contributed by atoms with Gasteiger partial charge in [-0.1, -0.05) is 0 Å². The highest BCUT2D eigenvalue weighted by Crippen LogP contribution is 2.28. The molecule has 8 nitrogen and oxygen atoms in total. The largest absolute Gasteiger partial charge is 0.496 e. The molecular formula is C15H16N2O6. The number of rotatable bonds is 6. The van der Waals surface area contributed by atoms with E-state index >= 15 is 0 Å². The predicted octanol–water partition coefficient (Wildman–Crippen LogP) is 0.359. The summed E-state index contributed by atoms with van der Waals surface area (Å²) in [5.41, 5.74) is 0.711. The van der Waals surface area contributed by atoms with E-state index < -0.39 is 17.8 Å². The molecule has 0 unspecified atom stereocenters. The summed E-state index contributed by atoms with van der Waals surface area (Å²) in [5, 5.41) is 20.8. The summed E-state index contributed by atoms with van der Waals surface area (Å²) in [5.74, 6) is -1.98. The Labute approximate surface area is 132 Å². The Kier molecular flexibility index (Phi) is 4.65. The third kappa shape index (κ3) is 3.16. The van der Waals surface area contributed by atoms with Gasteiger partial charge >= 0.3 is 5.97 Å². The number of carbonyl (C=O) groups excluding carboxylic acids is 2. The van der Waals surface area contributed by atoms with Crippen LogP contribution in [-0.2, 0) is 9.59 Å². The quantitative estimate of drug-likeness (QED) is 0.648. The zero-order chi connectivity index (χ0) is 17.1. The molecule has 0 aromatic heterocycles. The molecule has 0 fully saturated rings. The number of methoxy groups -OCH3 is 1. The van der Waals surface area contributed by atoms with Gasteiger partial charge in [0.2, 0.25) is 0 Å². The van der Waals surface area contributed by atoms with Crippen LogP contribution in [0.3, 0.4) is 0 Å². The number of aryl methyl sites for hydroxylation is 1. The molecule has 8 heteroatoms. The number of ether oxygens (including phenoxy) is 1. The Hall–Kier alpha value is -2.87. The number of imide groups is 1. The molecule has 0 saturated heterocycles. The van der Waals surface area contributed by atoms with Crippen LogP contribution in [-0.4, -0.2) is 53.2 Å². The lowest BCUT2D eigenvalue weighted by molar-refractivity contribution is -0.137. The summed E-state index contributed by atoms with van der Waals surface area (Å²) in [6.45, 7) is 1.26. The number of anilines is 1. The van der Waals surface area contributed by atoms with E-state index in [9.17, 15) is 19.5 Å². The van der Waals surface area contributed by atoms with Gasteiger partial charge in [0.15, 0.2) is 0 Å². The number of carboxylic acid groups (broad SMARTS) is 1. The van der Waals surface area contributed by atoms with Crippen molar-refractivity contribution in [2.45, 2.75) is 6.92 Å². The van der Waals surface area contributed by atoms with Crippen molar-refractivity contribution in [1.82, 2.24) is 4.90 Å². The highest BCUT2D eigenvalue weighted by Gasteiger charge is 2.31. The number of hydrogen-bond acceptors (Lipinski definition) is 6. The van der Waals surface area contributed by atoms with E-state index in [4.69, 9.17) is 9.84 Å². The first kappa shape index (κ1) is 16.5. The van der Waals surface area contributed by atoms with E-state index in [-0.39, 0.29) is 30.1 Å². The van der Waals surface area contributed by atoms with Crippen LogP contribution in [0.15, 0.2) is 23.9 Å². The molecule has 1 aliphatic heterocycles. The van der Waals surface area contributed by atoms with Crippen molar-refractivity contribution in [3.63, 3.8) is 0 Å². The van der Waals surface area contributed by atoms with Crippen molar-refractivity contribution in [2.75, 3.05) is 25.6 Å². The minimum absolute atomic E-state index is 0.0458. The zero-order valence-electron chi connectivity index (χ0n) is 12.6. The molecule has 1 aromatic carbocycles. The molecule has 2 rings (SSSR count). The second-order valence-electron chi connectivity index (χ2n) is 4.87. The SMILES string of the molecule is COc1cc(C(=O)O)c(NC2=CC(=O)N(CCO)C2=O)cc1C. The molecule has 0 radical (unpaired) electrons. The molecule has 1 aromatic rings. The molecule has 1 aliphatic rings. The molecule has 0 bridgehead atoms. The summed E-state index contributed by atoms with van der Waals surface area (Å²) >= 11 is 0. The Morgan fingerprint density at radius 1 is 1.35 bits per heavy atom. The first-order valence-electron chi connectivity index (χ1n) is 6.76.